The summed E-state index contributed by atoms with van der Waals surface area (Å²) in [6.45, 7) is 0. The van der Waals surface area contributed by atoms with Crippen LogP contribution in [0.5, 0.6) is 0 Å². The highest BCUT2D eigenvalue weighted by Crippen LogP contribution is 2.13. The van der Waals surface area contributed by atoms with Crippen molar-refractivity contribution in [2.45, 2.75) is 96.3 Å². The Bertz CT molecular complexity index is 459. The van der Waals surface area contributed by atoms with Crippen LogP contribution in [0.3, 0.4) is 0 Å². The Labute approximate surface area is 147 Å². The third-order valence-electron chi connectivity index (χ3n) is 4.63. The zero-order valence-electron chi connectivity index (χ0n) is 15.2. The van der Waals surface area contributed by atoms with Gasteiger partial charge in [0.2, 0.25) is 0 Å². The van der Waals surface area contributed by atoms with Gasteiger partial charge >= 0.3 is 0 Å². The maximum Gasteiger partial charge on any atom is 0.166 e. The number of H-pyrrole nitrogens is 1. The number of aromatic amines is 1. The summed E-state index contributed by atoms with van der Waals surface area (Å²) in [6.07, 6.45) is 19.7. The number of unbranched alkanes of at least 4 members (excludes halogenated alkanes) is 13. The van der Waals surface area contributed by atoms with Crippen LogP contribution in [0.25, 0.3) is 0 Å². The first-order valence-electron chi connectivity index (χ1n) is 9.87. The van der Waals surface area contributed by atoms with Crippen molar-refractivity contribution < 1.29 is 4.79 Å². The van der Waals surface area contributed by atoms with Gasteiger partial charge < -0.3 is 4.98 Å². The lowest BCUT2D eigenvalue weighted by molar-refractivity contribution is 0.111. The van der Waals surface area contributed by atoms with E-state index in [1.165, 1.54) is 82.7 Å². The van der Waals surface area contributed by atoms with Gasteiger partial charge in [-0.2, -0.15) is 5.26 Å². The summed E-state index contributed by atoms with van der Waals surface area (Å²) in [5.41, 5.74) is 1.87. The van der Waals surface area contributed by atoms with Crippen LogP contribution in [-0.2, 0) is 6.42 Å². The highest BCUT2D eigenvalue weighted by molar-refractivity contribution is 5.71. The van der Waals surface area contributed by atoms with Crippen molar-refractivity contribution in [1.82, 2.24) is 4.98 Å². The molecule has 0 aliphatic rings. The fraction of sp³-hybridized carbons (Fsp3) is 0.714. The average molecular weight is 331 g/mol. The molecule has 1 N–H and O–H groups in total. The standard InChI is InChI=1S/C21H34N2O/c22-18-14-12-10-8-6-4-2-1-3-5-7-9-11-13-15-20-16-17-21(19-24)23-20/h16-17,19,23H,1-15H2. The number of aldehydes is 1. The normalized spacial score (nSPS) is 10.6. The molecule has 1 aromatic rings. The largest absolute Gasteiger partial charge is 0.356 e. The molecular formula is C21H34N2O. The Balaban J connectivity index is 1.76. The van der Waals surface area contributed by atoms with Crippen LogP contribution in [0.1, 0.15) is 106 Å². The molecule has 0 saturated carbocycles. The van der Waals surface area contributed by atoms with E-state index in [4.69, 9.17) is 5.26 Å². The van der Waals surface area contributed by atoms with E-state index in [1.807, 2.05) is 12.1 Å². The Morgan fingerprint density at radius 2 is 1.29 bits per heavy atom. The summed E-state index contributed by atoms with van der Waals surface area (Å²) in [7, 11) is 0. The molecule has 134 valence electrons. The molecule has 3 heteroatoms. The summed E-state index contributed by atoms with van der Waals surface area (Å²) in [5, 5.41) is 8.46. The number of carbonyl (C=O) groups excluding carboxylic acids is 1. The molecule has 1 rings (SSSR count). The Morgan fingerprint density at radius 3 is 1.75 bits per heavy atom. The number of aromatic nitrogens is 1. The molecule has 0 atom stereocenters. The third-order valence-corrected chi connectivity index (χ3v) is 4.63. The van der Waals surface area contributed by atoms with Crippen LogP contribution in [0, 0.1) is 11.3 Å². The van der Waals surface area contributed by atoms with E-state index in [9.17, 15) is 4.79 Å². The van der Waals surface area contributed by atoms with E-state index in [2.05, 4.69) is 11.1 Å². The summed E-state index contributed by atoms with van der Waals surface area (Å²) >= 11 is 0. The Kier molecular flexibility index (Phi) is 12.8. The number of nitrogens with zero attached hydrogens (tertiary/aromatic N) is 1. The number of nitrogens with one attached hydrogen (secondary N) is 1. The molecule has 0 saturated heterocycles. The number of carbonyl (C=O) groups is 1. The minimum absolute atomic E-state index is 0.687. The lowest BCUT2D eigenvalue weighted by atomic mass is 10.0. The number of nitriles is 1. The minimum atomic E-state index is 0.687. The number of aryl methyl sites for hydroxylation is 1. The van der Waals surface area contributed by atoms with Crippen molar-refractivity contribution in [3.63, 3.8) is 0 Å². The Morgan fingerprint density at radius 1 is 0.792 bits per heavy atom. The fourth-order valence-electron chi connectivity index (χ4n) is 3.14. The van der Waals surface area contributed by atoms with Gasteiger partial charge in [0, 0.05) is 12.1 Å². The lowest BCUT2D eigenvalue weighted by Crippen LogP contribution is -1.88. The van der Waals surface area contributed by atoms with Gasteiger partial charge in [0.25, 0.3) is 0 Å². The first kappa shape index (κ1) is 20.5. The fourth-order valence-corrected chi connectivity index (χ4v) is 3.14. The summed E-state index contributed by atoms with van der Waals surface area (Å²) < 4.78 is 0. The van der Waals surface area contributed by atoms with Crippen LogP contribution in [-0.4, -0.2) is 11.3 Å². The lowest BCUT2D eigenvalue weighted by Gasteiger charge is -2.03. The molecule has 3 nitrogen and oxygen atoms in total. The van der Waals surface area contributed by atoms with Crippen LogP contribution in [0.4, 0.5) is 0 Å². The third kappa shape index (κ3) is 11.0. The molecule has 0 radical (unpaired) electrons. The smallest absolute Gasteiger partial charge is 0.166 e. The van der Waals surface area contributed by atoms with Gasteiger partial charge in [-0.3, -0.25) is 4.79 Å². The minimum Gasteiger partial charge on any atom is -0.356 e. The molecule has 0 fully saturated rings. The summed E-state index contributed by atoms with van der Waals surface area (Å²) in [6, 6.07) is 6.09. The predicted molar refractivity (Wildman–Crippen MR) is 100 cm³/mol. The quantitative estimate of drug-likeness (QED) is 0.283. The summed E-state index contributed by atoms with van der Waals surface area (Å²) in [4.78, 5) is 13.7. The molecule has 1 heterocycles. The number of hydrogen-bond donors (Lipinski definition) is 1. The van der Waals surface area contributed by atoms with Gasteiger partial charge in [0.05, 0.1) is 11.8 Å². The molecule has 0 aromatic carbocycles. The van der Waals surface area contributed by atoms with Gasteiger partial charge in [0.15, 0.2) is 6.29 Å². The van der Waals surface area contributed by atoms with E-state index < -0.39 is 0 Å². The van der Waals surface area contributed by atoms with Crippen LogP contribution >= 0.6 is 0 Å². The SMILES string of the molecule is N#CCCCCCCCCCCCCCCCc1ccc(C=O)[nH]1. The second kappa shape index (κ2) is 15.0. The molecule has 1 aromatic heterocycles. The number of hydrogen-bond acceptors (Lipinski definition) is 2. The van der Waals surface area contributed by atoms with E-state index in [0.717, 1.165) is 25.5 Å². The van der Waals surface area contributed by atoms with Gasteiger partial charge in [-0.25, -0.2) is 0 Å². The number of rotatable bonds is 16. The molecule has 24 heavy (non-hydrogen) atoms. The Hall–Kier alpha value is -1.56. The molecular weight excluding hydrogens is 296 g/mol. The maximum atomic E-state index is 10.6. The van der Waals surface area contributed by atoms with E-state index in [0.29, 0.717) is 5.69 Å². The van der Waals surface area contributed by atoms with Crippen molar-refractivity contribution in [3.05, 3.63) is 23.5 Å². The molecule has 0 amide bonds. The predicted octanol–water partition coefficient (Wildman–Crippen LogP) is 6.35. The second-order valence-electron chi connectivity index (χ2n) is 6.81. The van der Waals surface area contributed by atoms with E-state index >= 15 is 0 Å². The molecule has 0 aliphatic carbocycles. The second-order valence-corrected chi connectivity index (χ2v) is 6.81. The van der Waals surface area contributed by atoms with Crippen molar-refractivity contribution in [1.29, 1.82) is 5.26 Å². The van der Waals surface area contributed by atoms with Crippen LogP contribution in [0.2, 0.25) is 0 Å². The monoisotopic (exact) mass is 330 g/mol. The first-order valence-corrected chi connectivity index (χ1v) is 9.87. The van der Waals surface area contributed by atoms with Gasteiger partial charge in [-0.1, -0.05) is 70.6 Å². The van der Waals surface area contributed by atoms with Crippen LogP contribution in [0.15, 0.2) is 12.1 Å². The highest BCUT2D eigenvalue weighted by Gasteiger charge is 1.98. The van der Waals surface area contributed by atoms with Crippen molar-refractivity contribution >= 4 is 6.29 Å². The van der Waals surface area contributed by atoms with Gasteiger partial charge in [0.1, 0.15) is 0 Å². The van der Waals surface area contributed by atoms with E-state index in [-0.39, 0.29) is 0 Å². The summed E-state index contributed by atoms with van der Waals surface area (Å²) in [5.74, 6) is 0. The molecule has 0 aliphatic heterocycles. The average Bonchev–Trinajstić information content (AvgIpc) is 3.06. The van der Waals surface area contributed by atoms with Gasteiger partial charge in [-0.15, -0.1) is 0 Å². The maximum absolute atomic E-state index is 10.6. The van der Waals surface area contributed by atoms with Crippen molar-refractivity contribution in [2.75, 3.05) is 0 Å². The molecule has 0 bridgehead atoms. The van der Waals surface area contributed by atoms with Gasteiger partial charge in [-0.05, 0) is 31.4 Å². The highest BCUT2D eigenvalue weighted by atomic mass is 16.1. The zero-order valence-corrected chi connectivity index (χ0v) is 15.2. The molecule has 0 unspecified atom stereocenters. The van der Waals surface area contributed by atoms with Crippen molar-refractivity contribution in [2.24, 2.45) is 0 Å². The first-order chi connectivity index (χ1) is 11.9. The van der Waals surface area contributed by atoms with Crippen LogP contribution < -0.4 is 0 Å². The topological polar surface area (TPSA) is 56.6 Å². The van der Waals surface area contributed by atoms with E-state index in [1.54, 1.807) is 0 Å². The zero-order chi connectivity index (χ0) is 17.3. The molecule has 0 spiro atoms. The van der Waals surface area contributed by atoms with Crippen molar-refractivity contribution in [3.8, 4) is 6.07 Å².